The Labute approximate surface area is 248 Å². The number of amides is 1. The van der Waals surface area contributed by atoms with E-state index in [2.05, 4.69) is 5.32 Å². The zero-order valence-corrected chi connectivity index (χ0v) is 24.8. The molecule has 10 heteroatoms. The van der Waals surface area contributed by atoms with E-state index in [1.54, 1.807) is 58.2 Å². The normalized spacial score (nSPS) is 21.4. The first-order valence-corrected chi connectivity index (χ1v) is 13.8. The van der Waals surface area contributed by atoms with Gasteiger partial charge in [-0.2, -0.15) is 0 Å². The van der Waals surface area contributed by atoms with Gasteiger partial charge in [-0.3, -0.25) is 4.79 Å². The van der Waals surface area contributed by atoms with E-state index < -0.39 is 41.7 Å². The molecule has 0 spiro atoms. The van der Waals surface area contributed by atoms with Crippen molar-refractivity contribution in [3.05, 3.63) is 87.8 Å². The Morgan fingerprint density at radius 3 is 2.40 bits per heavy atom. The van der Waals surface area contributed by atoms with Gasteiger partial charge >= 0.3 is 5.63 Å². The highest BCUT2D eigenvalue weighted by Crippen LogP contribution is 2.35. The van der Waals surface area contributed by atoms with Crippen LogP contribution < -0.4 is 20.4 Å². The third-order valence-electron chi connectivity index (χ3n) is 7.68. The third-order valence-corrected chi connectivity index (χ3v) is 7.68. The van der Waals surface area contributed by atoms with Crippen molar-refractivity contribution in [2.24, 2.45) is 0 Å². The molecule has 1 amide bonds. The topological polar surface area (TPSA) is 137 Å². The zero-order chi connectivity index (χ0) is 31.1. The van der Waals surface area contributed by atoms with Crippen LogP contribution in [0.5, 0.6) is 11.5 Å². The van der Waals surface area contributed by atoms with E-state index in [0.717, 1.165) is 16.7 Å². The molecule has 2 heterocycles. The van der Waals surface area contributed by atoms with Crippen LogP contribution in [0.3, 0.4) is 0 Å². The molecule has 1 aliphatic rings. The number of aliphatic hydroxyl groups excluding tert-OH is 2. The highest BCUT2D eigenvalue weighted by molar-refractivity contribution is 6.05. The number of carbonyl (C=O) groups excluding carboxylic acids is 1. The first-order chi connectivity index (χ1) is 20.4. The number of hydrogen-bond acceptors (Lipinski definition) is 9. The standard InChI is InChI=1S/C33H35NO9/c1-17-8-7-9-19(14-17)22-15-21(11-13-25(22)39-5)30(37)34-23-16-20-10-12-24(18(2)28(20)42-31(23)38)41-32-27(36)26(35)29(40-6)33(3,4)43-32/h7-16,26-27,29,32,35-36H,1-6H3,(H,34,37). The number of hydrogen-bond donors (Lipinski definition) is 3. The van der Waals surface area contributed by atoms with Crippen molar-refractivity contribution >= 4 is 22.6 Å². The minimum Gasteiger partial charge on any atom is -0.496 e. The van der Waals surface area contributed by atoms with Gasteiger partial charge in [0.05, 0.1) is 12.7 Å². The summed E-state index contributed by atoms with van der Waals surface area (Å²) in [6.45, 7) is 7.13. The molecule has 0 saturated carbocycles. The van der Waals surface area contributed by atoms with Crippen LogP contribution in [0, 0.1) is 13.8 Å². The van der Waals surface area contributed by atoms with Crippen LogP contribution in [0.1, 0.15) is 35.3 Å². The molecule has 4 aromatic rings. The van der Waals surface area contributed by atoms with Crippen molar-refractivity contribution in [1.29, 1.82) is 0 Å². The minimum absolute atomic E-state index is 0.0278. The molecule has 1 aliphatic heterocycles. The lowest BCUT2D eigenvalue weighted by Crippen LogP contribution is -2.63. The number of fused-ring (bicyclic) bond motifs is 1. The van der Waals surface area contributed by atoms with E-state index >= 15 is 0 Å². The maximum absolute atomic E-state index is 13.2. The highest BCUT2D eigenvalue weighted by atomic mass is 16.7. The molecule has 4 atom stereocenters. The van der Waals surface area contributed by atoms with Gasteiger partial charge < -0.3 is 38.9 Å². The predicted octanol–water partition coefficient (Wildman–Crippen LogP) is 4.59. The number of carbonyl (C=O) groups is 1. The number of benzene rings is 3. The smallest absolute Gasteiger partial charge is 0.360 e. The first kappa shape index (κ1) is 30.2. The molecule has 226 valence electrons. The van der Waals surface area contributed by atoms with Gasteiger partial charge in [-0.25, -0.2) is 4.79 Å². The molecule has 0 aliphatic carbocycles. The first-order valence-electron chi connectivity index (χ1n) is 13.8. The SMILES string of the molecule is COc1ccc(C(=O)Nc2cc3ccc(OC4OC(C)(C)C(OC)C(O)C4O)c(C)c3oc2=O)cc1-c1cccc(C)c1. The fraction of sp³-hybridized carbons (Fsp3) is 0.333. The number of aliphatic hydroxyl groups is 2. The maximum Gasteiger partial charge on any atom is 0.360 e. The molecule has 1 fully saturated rings. The van der Waals surface area contributed by atoms with E-state index in [0.29, 0.717) is 22.3 Å². The Hall–Kier alpha value is -4.22. The number of ether oxygens (including phenoxy) is 4. The van der Waals surface area contributed by atoms with Crippen LogP contribution in [-0.2, 0) is 9.47 Å². The Morgan fingerprint density at radius 2 is 1.70 bits per heavy atom. The van der Waals surface area contributed by atoms with Crippen molar-refractivity contribution in [1.82, 2.24) is 0 Å². The minimum atomic E-state index is -1.39. The Balaban J connectivity index is 1.40. The lowest BCUT2D eigenvalue weighted by atomic mass is 9.89. The number of methoxy groups -OCH3 is 2. The molecule has 5 rings (SSSR count). The van der Waals surface area contributed by atoms with Crippen LogP contribution in [-0.4, -0.2) is 60.5 Å². The highest BCUT2D eigenvalue weighted by Gasteiger charge is 2.50. The molecule has 1 aromatic heterocycles. The van der Waals surface area contributed by atoms with Gasteiger partial charge in [0.1, 0.15) is 41.1 Å². The van der Waals surface area contributed by atoms with E-state index in [9.17, 15) is 19.8 Å². The molecule has 10 nitrogen and oxygen atoms in total. The summed E-state index contributed by atoms with van der Waals surface area (Å²) in [6.07, 6.45) is -4.60. The van der Waals surface area contributed by atoms with Gasteiger partial charge in [-0.05, 0) is 69.7 Å². The lowest BCUT2D eigenvalue weighted by Gasteiger charge is -2.46. The van der Waals surface area contributed by atoms with Crippen molar-refractivity contribution in [3.8, 4) is 22.6 Å². The van der Waals surface area contributed by atoms with E-state index in [1.807, 2.05) is 31.2 Å². The Kier molecular flexibility index (Phi) is 8.31. The molecule has 3 aromatic carbocycles. The number of nitrogens with one attached hydrogen (secondary N) is 1. The fourth-order valence-electron chi connectivity index (χ4n) is 5.43. The summed E-state index contributed by atoms with van der Waals surface area (Å²) in [4.78, 5) is 26.2. The van der Waals surface area contributed by atoms with Gasteiger partial charge in [0.2, 0.25) is 6.29 Å². The quantitative estimate of drug-likeness (QED) is 0.265. The molecule has 3 N–H and O–H groups in total. The van der Waals surface area contributed by atoms with Crippen LogP contribution >= 0.6 is 0 Å². The van der Waals surface area contributed by atoms with Gasteiger partial charge in [0, 0.05) is 29.2 Å². The van der Waals surface area contributed by atoms with E-state index in [1.165, 1.54) is 13.2 Å². The predicted molar refractivity (Wildman–Crippen MR) is 161 cm³/mol. The third kappa shape index (κ3) is 5.87. The van der Waals surface area contributed by atoms with Crippen molar-refractivity contribution in [3.63, 3.8) is 0 Å². The summed E-state index contributed by atoms with van der Waals surface area (Å²) in [5, 5.41) is 24.4. The van der Waals surface area contributed by atoms with E-state index in [-0.39, 0.29) is 17.0 Å². The molecule has 4 unspecified atom stereocenters. The van der Waals surface area contributed by atoms with Crippen LogP contribution in [0.15, 0.2) is 69.9 Å². The number of anilines is 1. The molecule has 1 saturated heterocycles. The lowest BCUT2D eigenvalue weighted by molar-refractivity contribution is -0.306. The number of rotatable bonds is 7. The fourth-order valence-corrected chi connectivity index (χ4v) is 5.43. The Morgan fingerprint density at radius 1 is 0.953 bits per heavy atom. The summed E-state index contributed by atoms with van der Waals surface area (Å²) in [6, 6.07) is 17.7. The summed E-state index contributed by atoms with van der Waals surface area (Å²) < 4.78 is 28.3. The molecule has 43 heavy (non-hydrogen) atoms. The summed E-state index contributed by atoms with van der Waals surface area (Å²) in [7, 11) is 3.00. The largest absolute Gasteiger partial charge is 0.496 e. The van der Waals surface area contributed by atoms with Crippen molar-refractivity contribution < 1.29 is 38.4 Å². The van der Waals surface area contributed by atoms with Crippen molar-refractivity contribution in [2.45, 2.75) is 57.9 Å². The average Bonchev–Trinajstić information content (AvgIpc) is 2.97. The second-order valence-electron chi connectivity index (χ2n) is 11.1. The summed E-state index contributed by atoms with van der Waals surface area (Å²) in [5.41, 5.74) is 2.03. The van der Waals surface area contributed by atoms with E-state index in [4.69, 9.17) is 23.4 Å². The van der Waals surface area contributed by atoms with Crippen LogP contribution in [0.2, 0.25) is 0 Å². The number of aryl methyl sites for hydroxylation is 2. The van der Waals surface area contributed by atoms with Crippen LogP contribution in [0.25, 0.3) is 22.1 Å². The summed E-state index contributed by atoms with van der Waals surface area (Å²) >= 11 is 0. The van der Waals surface area contributed by atoms with Crippen LogP contribution in [0.4, 0.5) is 5.69 Å². The average molecular weight is 590 g/mol. The molecular weight excluding hydrogens is 554 g/mol. The van der Waals surface area contributed by atoms with Gasteiger partial charge in [0.15, 0.2) is 0 Å². The monoisotopic (exact) mass is 589 g/mol. The second-order valence-corrected chi connectivity index (χ2v) is 11.1. The Bertz CT molecular complexity index is 1730. The van der Waals surface area contributed by atoms with Crippen molar-refractivity contribution in [2.75, 3.05) is 19.5 Å². The maximum atomic E-state index is 13.2. The molecule has 0 bridgehead atoms. The van der Waals surface area contributed by atoms with Gasteiger partial charge in [0.25, 0.3) is 5.91 Å². The zero-order valence-electron chi connectivity index (χ0n) is 24.8. The molecule has 0 radical (unpaired) electrons. The van der Waals surface area contributed by atoms with Gasteiger partial charge in [-0.15, -0.1) is 0 Å². The summed E-state index contributed by atoms with van der Waals surface area (Å²) in [5.74, 6) is 0.416. The van der Waals surface area contributed by atoms with Gasteiger partial charge in [-0.1, -0.05) is 29.8 Å². The second kappa shape index (κ2) is 11.8. The molecular formula is C33H35NO9.